The molecule has 1 aliphatic rings. The second kappa shape index (κ2) is 8.02. The predicted molar refractivity (Wildman–Crippen MR) is 95.6 cm³/mol. The van der Waals surface area contributed by atoms with Crippen molar-refractivity contribution in [3.8, 4) is 5.75 Å². The summed E-state index contributed by atoms with van der Waals surface area (Å²) in [5.74, 6) is -0.0707. The zero-order chi connectivity index (χ0) is 20.3. The van der Waals surface area contributed by atoms with Crippen molar-refractivity contribution in [1.29, 1.82) is 0 Å². The van der Waals surface area contributed by atoms with Gasteiger partial charge in [0.25, 0.3) is 5.91 Å². The standard InChI is InChI=1S/C20H19F3N2O3/c1-2-28-16-8-6-15(7-9-16)25-18(26)11-17(19(25)27)24-12-13-4-3-5-14(10-13)20(21,22)23/h3-10,17,24H,2,11-12H2,1H3/p+1/t17-/m1/s1. The average molecular weight is 393 g/mol. The molecule has 0 aliphatic carbocycles. The highest BCUT2D eigenvalue weighted by Gasteiger charge is 2.42. The third-order valence-corrected chi connectivity index (χ3v) is 4.48. The summed E-state index contributed by atoms with van der Waals surface area (Å²) in [7, 11) is 0. The Bertz CT molecular complexity index is 866. The maximum absolute atomic E-state index is 12.8. The van der Waals surface area contributed by atoms with Gasteiger partial charge in [-0.25, -0.2) is 4.90 Å². The Balaban J connectivity index is 1.67. The first-order valence-electron chi connectivity index (χ1n) is 8.88. The average Bonchev–Trinajstić information content (AvgIpc) is 2.94. The van der Waals surface area contributed by atoms with E-state index in [-0.39, 0.29) is 24.8 Å². The van der Waals surface area contributed by atoms with Gasteiger partial charge in [0.2, 0.25) is 5.91 Å². The number of hydrogen-bond acceptors (Lipinski definition) is 3. The number of rotatable bonds is 6. The van der Waals surface area contributed by atoms with Crippen LogP contribution in [0.2, 0.25) is 0 Å². The number of anilines is 1. The van der Waals surface area contributed by atoms with Gasteiger partial charge in [-0.1, -0.05) is 12.1 Å². The predicted octanol–water partition coefficient (Wildman–Crippen LogP) is 2.50. The summed E-state index contributed by atoms with van der Waals surface area (Å²) in [5.41, 5.74) is 0.159. The molecule has 2 amide bonds. The number of nitrogens with two attached hydrogens (primary N) is 1. The molecule has 0 aromatic heterocycles. The summed E-state index contributed by atoms with van der Waals surface area (Å²) in [6, 6.07) is 10.9. The van der Waals surface area contributed by atoms with Crippen molar-refractivity contribution < 1.29 is 32.8 Å². The molecule has 2 aromatic carbocycles. The lowest BCUT2D eigenvalue weighted by atomic mass is 10.1. The molecule has 1 atom stereocenters. The van der Waals surface area contributed by atoms with Crippen molar-refractivity contribution in [1.82, 2.24) is 0 Å². The van der Waals surface area contributed by atoms with Crippen molar-refractivity contribution >= 4 is 17.5 Å². The fourth-order valence-electron chi connectivity index (χ4n) is 3.12. The van der Waals surface area contributed by atoms with Gasteiger partial charge in [0.15, 0.2) is 6.04 Å². The molecular weight excluding hydrogens is 373 g/mol. The molecule has 1 saturated heterocycles. The van der Waals surface area contributed by atoms with E-state index in [1.807, 2.05) is 6.92 Å². The normalized spacial score (nSPS) is 17.3. The lowest BCUT2D eigenvalue weighted by Gasteiger charge is -2.15. The van der Waals surface area contributed by atoms with Gasteiger partial charge in [0.1, 0.15) is 12.3 Å². The van der Waals surface area contributed by atoms with Crippen molar-refractivity contribution in [2.75, 3.05) is 11.5 Å². The van der Waals surface area contributed by atoms with Crippen LogP contribution in [-0.4, -0.2) is 24.5 Å². The number of alkyl halides is 3. The number of hydrogen-bond donors (Lipinski definition) is 1. The molecule has 148 valence electrons. The van der Waals surface area contributed by atoms with Crippen LogP contribution < -0.4 is 15.0 Å². The first-order valence-corrected chi connectivity index (χ1v) is 8.88. The number of benzene rings is 2. The van der Waals surface area contributed by atoms with E-state index in [1.54, 1.807) is 35.6 Å². The quantitative estimate of drug-likeness (QED) is 0.767. The molecule has 1 heterocycles. The Morgan fingerprint density at radius 3 is 2.50 bits per heavy atom. The minimum Gasteiger partial charge on any atom is -0.494 e. The van der Waals surface area contributed by atoms with Crippen molar-refractivity contribution in [3.63, 3.8) is 0 Å². The summed E-state index contributed by atoms with van der Waals surface area (Å²) < 4.78 is 43.8. The van der Waals surface area contributed by atoms with Gasteiger partial charge in [0.05, 0.1) is 24.3 Å². The fourth-order valence-corrected chi connectivity index (χ4v) is 3.12. The number of nitrogens with zero attached hydrogens (tertiary/aromatic N) is 1. The number of carbonyl (C=O) groups is 2. The molecule has 0 spiro atoms. The molecule has 0 saturated carbocycles. The molecule has 1 aliphatic heterocycles. The minimum atomic E-state index is -4.42. The van der Waals surface area contributed by atoms with E-state index in [0.29, 0.717) is 23.6 Å². The maximum atomic E-state index is 12.8. The van der Waals surface area contributed by atoms with Gasteiger partial charge in [-0.3, -0.25) is 9.59 Å². The minimum absolute atomic E-state index is 0.00497. The van der Waals surface area contributed by atoms with E-state index in [0.717, 1.165) is 17.0 Å². The summed E-state index contributed by atoms with van der Waals surface area (Å²) in [4.78, 5) is 26.1. The highest BCUT2D eigenvalue weighted by Crippen LogP contribution is 2.29. The van der Waals surface area contributed by atoms with Crippen molar-refractivity contribution in [3.05, 3.63) is 59.7 Å². The van der Waals surface area contributed by atoms with Crippen LogP contribution in [0.3, 0.4) is 0 Å². The Hall–Kier alpha value is -2.87. The Kier molecular flexibility index (Phi) is 5.69. The van der Waals surface area contributed by atoms with E-state index < -0.39 is 17.8 Å². The first kappa shape index (κ1) is 19.9. The van der Waals surface area contributed by atoms with Crippen LogP contribution in [0.25, 0.3) is 0 Å². The van der Waals surface area contributed by atoms with Gasteiger partial charge in [-0.2, -0.15) is 13.2 Å². The molecular formula is C20H20F3N2O3+. The van der Waals surface area contributed by atoms with E-state index in [4.69, 9.17) is 4.74 Å². The van der Waals surface area contributed by atoms with Gasteiger partial charge in [0, 0.05) is 5.56 Å². The van der Waals surface area contributed by atoms with E-state index >= 15 is 0 Å². The fraction of sp³-hybridized carbons (Fsp3) is 0.300. The van der Waals surface area contributed by atoms with Crippen LogP contribution in [0.5, 0.6) is 5.75 Å². The molecule has 1 fully saturated rings. The molecule has 8 heteroatoms. The highest BCUT2D eigenvalue weighted by atomic mass is 19.4. The van der Waals surface area contributed by atoms with Gasteiger partial charge < -0.3 is 10.1 Å². The molecule has 3 rings (SSSR count). The SMILES string of the molecule is CCOc1ccc(N2C(=O)C[C@@H]([NH2+]Cc3cccc(C(F)(F)F)c3)C2=O)cc1. The van der Waals surface area contributed by atoms with E-state index in [1.165, 1.54) is 6.07 Å². The zero-order valence-electron chi connectivity index (χ0n) is 15.2. The smallest absolute Gasteiger partial charge is 0.416 e. The Labute approximate surface area is 160 Å². The van der Waals surface area contributed by atoms with E-state index in [2.05, 4.69) is 0 Å². The molecule has 0 bridgehead atoms. The highest BCUT2D eigenvalue weighted by molar-refractivity contribution is 6.21. The number of imide groups is 1. The monoisotopic (exact) mass is 393 g/mol. The number of halogens is 3. The van der Waals surface area contributed by atoms with Crippen LogP contribution in [0.4, 0.5) is 18.9 Å². The third-order valence-electron chi connectivity index (χ3n) is 4.48. The second-order valence-electron chi connectivity index (χ2n) is 6.44. The van der Waals surface area contributed by atoms with Crippen molar-refractivity contribution in [2.45, 2.75) is 32.1 Å². The van der Waals surface area contributed by atoms with Gasteiger partial charge in [-0.15, -0.1) is 0 Å². The largest absolute Gasteiger partial charge is 0.494 e. The first-order chi connectivity index (χ1) is 13.3. The summed E-state index contributed by atoms with van der Waals surface area (Å²) in [5, 5.41) is 1.60. The van der Waals surface area contributed by atoms with Crippen LogP contribution in [0.1, 0.15) is 24.5 Å². The lowest BCUT2D eigenvalue weighted by Crippen LogP contribution is -2.90. The van der Waals surface area contributed by atoms with Crippen molar-refractivity contribution in [2.24, 2.45) is 0 Å². The zero-order valence-corrected chi connectivity index (χ0v) is 15.2. The molecule has 2 aromatic rings. The molecule has 0 unspecified atom stereocenters. The number of ether oxygens (including phenoxy) is 1. The maximum Gasteiger partial charge on any atom is 0.416 e. The number of amides is 2. The number of carbonyl (C=O) groups excluding carboxylic acids is 2. The summed E-state index contributed by atoms with van der Waals surface area (Å²) in [6.07, 6.45) is -4.41. The lowest BCUT2D eigenvalue weighted by molar-refractivity contribution is -0.690. The summed E-state index contributed by atoms with van der Waals surface area (Å²) >= 11 is 0. The topological polar surface area (TPSA) is 63.2 Å². The van der Waals surface area contributed by atoms with Crippen LogP contribution >= 0.6 is 0 Å². The molecule has 28 heavy (non-hydrogen) atoms. The third kappa shape index (κ3) is 4.33. The second-order valence-corrected chi connectivity index (χ2v) is 6.44. The molecule has 5 nitrogen and oxygen atoms in total. The van der Waals surface area contributed by atoms with Crippen LogP contribution in [0.15, 0.2) is 48.5 Å². The van der Waals surface area contributed by atoms with Gasteiger partial charge >= 0.3 is 6.18 Å². The van der Waals surface area contributed by atoms with E-state index in [9.17, 15) is 22.8 Å². The Morgan fingerprint density at radius 1 is 1.14 bits per heavy atom. The van der Waals surface area contributed by atoms with Crippen LogP contribution in [0, 0.1) is 0 Å². The van der Waals surface area contributed by atoms with Gasteiger partial charge in [-0.05, 0) is 43.3 Å². The number of quaternary nitrogens is 1. The molecule has 2 N–H and O–H groups in total. The summed E-state index contributed by atoms with van der Waals surface area (Å²) in [6.45, 7) is 2.53. The Morgan fingerprint density at radius 2 is 1.86 bits per heavy atom. The van der Waals surface area contributed by atoms with Crippen LogP contribution in [-0.2, 0) is 22.3 Å². The molecule has 0 radical (unpaired) electrons.